The fourth-order valence-electron chi connectivity index (χ4n) is 3.48. The Labute approximate surface area is 162 Å². The first-order valence-electron chi connectivity index (χ1n) is 9.40. The van der Waals surface area contributed by atoms with E-state index in [4.69, 9.17) is 0 Å². The van der Waals surface area contributed by atoms with Gasteiger partial charge in [-0.2, -0.15) is 5.10 Å². The topological polar surface area (TPSA) is 62.5 Å². The van der Waals surface area contributed by atoms with Crippen molar-refractivity contribution in [2.24, 2.45) is 5.10 Å². The minimum Gasteiger partial charge on any atom is -0.369 e. The summed E-state index contributed by atoms with van der Waals surface area (Å²) in [5.74, 6) is -0.526. The summed E-state index contributed by atoms with van der Waals surface area (Å²) in [6.07, 6.45) is 3.83. The number of hydrogen-bond donors (Lipinski definition) is 1. The van der Waals surface area contributed by atoms with Gasteiger partial charge in [-0.25, -0.2) is 14.8 Å². The number of aromatic nitrogens is 2. The van der Waals surface area contributed by atoms with Crippen molar-refractivity contribution >= 4 is 28.3 Å². The minimum atomic E-state index is -0.267. The van der Waals surface area contributed by atoms with Gasteiger partial charge in [0, 0.05) is 18.7 Å². The Kier molecular flexibility index (Phi) is 5.06. The van der Waals surface area contributed by atoms with E-state index < -0.39 is 0 Å². The van der Waals surface area contributed by atoms with Crippen molar-refractivity contribution in [1.29, 1.82) is 0 Å². The van der Waals surface area contributed by atoms with Crippen LogP contribution in [0.15, 0.2) is 53.9 Å². The molecule has 4 rings (SSSR count). The summed E-state index contributed by atoms with van der Waals surface area (Å²) in [4.78, 5) is 18.6. The molecular formula is C21H22FN5O. The van der Waals surface area contributed by atoms with Crippen molar-refractivity contribution < 1.29 is 9.18 Å². The van der Waals surface area contributed by atoms with Crippen molar-refractivity contribution in [3.63, 3.8) is 0 Å². The van der Waals surface area contributed by atoms with Crippen molar-refractivity contribution in [2.75, 3.05) is 18.0 Å². The number of rotatable bonds is 5. The van der Waals surface area contributed by atoms with E-state index >= 15 is 0 Å². The summed E-state index contributed by atoms with van der Waals surface area (Å²) < 4.78 is 16.2. The zero-order chi connectivity index (χ0) is 19.5. The third-order valence-electron chi connectivity index (χ3n) is 5.00. The van der Waals surface area contributed by atoms with Crippen LogP contribution in [0.2, 0.25) is 0 Å². The smallest absolute Gasteiger partial charge is 0.260 e. The van der Waals surface area contributed by atoms with Crippen LogP contribution in [0.1, 0.15) is 25.3 Å². The van der Waals surface area contributed by atoms with Gasteiger partial charge in [-0.05, 0) is 44.0 Å². The molecule has 0 spiro atoms. The van der Waals surface area contributed by atoms with Gasteiger partial charge in [0.2, 0.25) is 0 Å². The second kappa shape index (κ2) is 7.80. The number of para-hydroxylation sites is 2. The predicted octanol–water partition coefficient (Wildman–Crippen LogP) is 3.32. The molecule has 144 valence electrons. The van der Waals surface area contributed by atoms with Crippen molar-refractivity contribution in [3.8, 4) is 0 Å². The highest BCUT2D eigenvalue weighted by Gasteiger charge is 2.16. The van der Waals surface area contributed by atoms with Crippen LogP contribution >= 0.6 is 0 Å². The molecule has 1 aliphatic rings. The molecular weight excluding hydrogens is 357 g/mol. The Hall–Kier alpha value is -3.22. The summed E-state index contributed by atoms with van der Waals surface area (Å²) in [6.45, 7) is 3.64. The van der Waals surface area contributed by atoms with Gasteiger partial charge in [0.1, 0.15) is 12.4 Å². The standard InChI is InChI=1S/C21H22FN5O/c1-15(16-8-9-19(17(22)12-16)26-10-4-5-11-26)24-25-21(28)13-27-14-23-18-6-2-3-7-20(18)27/h2-3,6-9,12,14H,4-5,10-11,13H2,1H3,(H,25,28)/b24-15-. The number of imidazole rings is 1. The molecule has 28 heavy (non-hydrogen) atoms. The van der Waals surface area contributed by atoms with E-state index in [1.54, 1.807) is 23.9 Å². The zero-order valence-electron chi connectivity index (χ0n) is 15.7. The normalized spacial score (nSPS) is 14.6. The summed E-state index contributed by atoms with van der Waals surface area (Å²) in [5.41, 5.74) is 6.09. The minimum absolute atomic E-state index is 0.111. The fraction of sp³-hybridized carbons (Fsp3) is 0.286. The Morgan fingerprint density at radius 2 is 2.00 bits per heavy atom. The van der Waals surface area contributed by atoms with Crippen LogP contribution in [0.5, 0.6) is 0 Å². The van der Waals surface area contributed by atoms with Crippen LogP contribution < -0.4 is 10.3 Å². The van der Waals surface area contributed by atoms with E-state index in [9.17, 15) is 9.18 Å². The summed E-state index contributed by atoms with van der Waals surface area (Å²) in [5, 5.41) is 4.13. The van der Waals surface area contributed by atoms with E-state index in [2.05, 4.69) is 20.4 Å². The Morgan fingerprint density at radius 3 is 2.79 bits per heavy atom. The van der Waals surface area contributed by atoms with Gasteiger partial charge in [0.25, 0.3) is 5.91 Å². The molecule has 2 heterocycles. The lowest BCUT2D eigenvalue weighted by molar-refractivity contribution is -0.121. The maximum Gasteiger partial charge on any atom is 0.260 e. The van der Waals surface area contributed by atoms with Gasteiger partial charge >= 0.3 is 0 Å². The van der Waals surface area contributed by atoms with E-state index in [1.807, 2.05) is 30.3 Å². The lowest BCUT2D eigenvalue weighted by atomic mass is 10.1. The predicted molar refractivity (Wildman–Crippen MR) is 108 cm³/mol. The second-order valence-corrected chi connectivity index (χ2v) is 6.95. The van der Waals surface area contributed by atoms with Crippen LogP contribution in [-0.2, 0) is 11.3 Å². The molecule has 1 N–H and O–H groups in total. The molecule has 0 radical (unpaired) electrons. The van der Waals surface area contributed by atoms with Crippen molar-refractivity contribution in [3.05, 3.63) is 60.2 Å². The lowest BCUT2D eigenvalue weighted by Gasteiger charge is -2.18. The van der Waals surface area contributed by atoms with Crippen LogP contribution in [0.3, 0.4) is 0 Å². The molecule has 2 aromatic carbocycles. The van der Waals surface area contributed by atoms with E-state index in [0.717, 1.165) is 37.0 Å². The van der Waals surface area contributed by atoms with Gasteiger partial charge < -0.3 is 9.47 Å². The third-order valence-corrected chi connectivity index (χ3v) is 5.00. The van der Waals surface area contributed by atoms with E-state index in [-0.39, 0.29) is 18.3 Å². The number of carbonyl (C=O) groups excluding carboxylic acids is 1. The van der Waals surface area contributed by atoms with E-state index in [0.29, 0.717) is 17.0 Å². The SMILES string of the molecule is C/C(=N/NC(=O)Cn1cnc2ccccc21)c1ccc(N2CCCC2)c(F)c1. The first kappa shape index (κ1) is 18.2. The Morgan fingerprint density at radius 1 is 1.21 bits per heavy atom. The third kappa shape index (κ3) is 3.74. The Balaban J connectivity index is 1.42. The molecule has 0 atom stereocenters. The molecule has 1 saturated heterocycles. The monoisotopic (exact) mass is 379 g/mol. The first-order chi connectivity index (χ1) is 13.6. The number of carbonyl (C=O) groups is 1. The molecule has 1 aliphatic heterocycles. The van der Waals surface area contributed by atoms with Crippen LogP contribution in [0, 0.1) is 5.82 Å². The number of halogens is 1. The van der Waals surface area contributed by atoms with Gasteiger partial charge in [0.15, 0.2) is 0 Å². The zero-order valence-corrected chi connectivity index (χ0v) is 15.7. The summed E-state index contributed by atoms with van der Waals surface area (Å²) in [7, 11) is 0. The molecule has 0 unspecified atom stereocenters. The summed E-state index contributed by atoms with van der Waals surface area (Å²) in [6, 6.07) is 12.7. The van der Waals surface area contributed by atoms with Crippen molar-refractivity contribution in [1.82, 2.24) is 15.0 Å². The van der Waals surface area contributed by atoms with Crippen LogP contribution in [-0.4, -0.2) is 34.3 Å². The Bertz CT molecular complexity index is 1040. The number of amides is 1. The molecule has 0 bridgehead atoms. The maximum atomic E-state index is 14.5. The van der Waals surface area contributed by atoms with Crippen LogP contribution in [0.4, 0.5) is 10.1 Å². The van der Waals surface area contributed by atoms with Gasteiger partial charge in [-0.1, -0.05) is 18.2 Å². The molecule has 3 aromatic rings. The van der Waals surface area contributed by atoms with Gasteiger partial charge in [-0.15, -0.1) is 0 Å². The molecule has 0 aliphatic carbocycles. The van der Waals surface area contributed by atoms with Crippen LogP contribution in [0.25, 0.3) is 11.0 Å². The number of anilines is 1. The molecule has 1 fully saturated rings. The highest BCUT2D eigenvalue weighted by Crippen LogP contribution is 2.24. The second-order valence-electron chi connectivity index (χ2n) is 6.95. The number of fused-ring (bicyclic) bond motifs is 1. The number of hydrogen-bond acceptors (Lipinski definition) is 4. The first-order valence-corrected chi connectivity index (χ1v) is 9.40. The average Bonchev–Trinajstić information content (AvgIpc) is 3.37. The van der Waals surface area contributed by atoms with Gasteiger partial charge in [-0.3, -0.25) is 4.79 Å². The molecule has 1 amide bonds. The fourth-order valence-corrected chi connectivity index (χ4v) is 3.48. The van der Waals surface area contributed by atoms with Crippen molar-refractivity contribution in [2.45, 2.75) is 26.3 Å². The lowest BCUT2D eigenvalue weighted by Crippen LogP contribution is -2.24. The number of nitrogens with zero attached hydrogens (tertiary/aromatic N) is 4. The van der Waals surface area contributed by atoms with E-state index in [1.165, 1.54) is 6.07 Å². The molecule has 0 saturated carbocycles. The molecule has 6 nitrogen and oxygen atoms in total. The van der Waals surface area contributed by atoms with Gasteiger partial charge in [0.05, 0.1) is 28.8 Å². The maximum absolute atomic E-state index is 14.5. The molecule has 1 aromatic heterocycles. The summed E-state index contributed by atoms with van der Waals surface area (Å²) >= 11 is 0. The quantitative estimate of drug-likeness (QED) is 0.546. The molecule has 7 heteroatoms. The average molecular weight is 379 g/mol. The number of hydrazone groups is 1. The number of nitrogens with one attached hydrogen (secondary N) is 1. The highest BCUT2D eigenvalue weighted by atomic mass is 19.1. The highest BCUT2D eigenvalue weighted by molar-refractivity contribution is 5.99. The number of benzene rings is 2. The largest absolute Gasteiger partial charge is 0.369 e.